The Kier molecular flexibility index (Phi) is 12.8. The summed E-state index contributed by atoms with van der Waals surface area (Å²) in [6.07, 6.45) is 0. The molecule has 5 heteroatoms. The van der Waals surface area contributed by atoms with Gasteiger partial charge in [-0.25, -0.2) is 0 Å². The molecule has 8 aromatic carbocycles. The molecular weight excluding hydrogens is 818 g/mol. The minimum atomic E-state index is -1.05. The highest BCUT2D eigenvalue weighted by molar-refractivity contribution is 7.81. The molecule has 0 aliphatic carbocycles. The number of hydrogen-bond acceptors (Lipinski definition) is 2. The number of nitrogens with two attached hydrogens (primary N) is 2. The van der Waals surface area contributed by atoms with Crippen LogP contribution in [0.4, 0.5) is 0 Å². The summed E-state index contributed by atoms with van der Waals surface area (Å²) in [6.45, 7) is 18.8. The Labute approximate surface area is 365 Å². The van der Waals surface area contributed by atoms with E-state index in [1.54, 1.807) is 0 Å². The molecule has 4 N–H and O–H groups in total. The standard InChI is InChI=1S/C54H54N2P2.BrH/c1-33-17-34(2)22-43(21-33)57(44-23-35(3)18-36(4)24-44)51-29-41(31-55)47-13-9-11-15-49(47)53(51)54-50-16-12-10-14-48(50)42(32-56)30-52(54)58(45-25-37(5)19-38(6)26-45)46-27-39(7)20-40(8)28-46;/h9-30H,31-32,55-56H2,1-8H3;1H. The van der Waals surface area contributed by atoms with Crippen LogP contribution in [-0.2, 0) is 13.1 Å². The number of aryl methyl sites for hydroxylation is 8. The third-order valence-electron chi connectivity index (χ3n) is 11.2. The molecule has 0 spiro atoms. The molecule has 0 aromatic heterocycles. The second kappa shape index (κ2) is 17.6. The van der Waals surface area contributed by atoms with Gasteiger partial charge in [0.05, 0.1) is 0 Å². The minimum Gasteiger partial charge on any atom is -1.00 e. The van der Waals surface area contributed by atoms with Gasteiger partial charge in [-0.3, -0.25) is 0 Å². The van der Waals surface area contributed by atoms with Crippen molar-refractivity contribution in [3.8, 4) is 11.1 Å². The topological polar surface area (TPSA) is 52.0 Å². The average Bonchev–Trinajstić information content (AvgIpc) is 3.16. The van der Waals surface area contributed by atoms with E-state index in [0.29, 0.717) is 13.1 Å². The Morgan fingerprint density at radius 2 is 0.593 bits per heavy atom. The summed E-state index contributed by atoms with van der Waals surface area (Å²) in [4.78, 5) is 0. The van der Waals surface area contributed by atoms with Crippen LogP contribution >= 0.6 is 15.8 Å². The zero-order valence-electron chi connectivity index (χ0n) is 36.5. The van der Waals surface area contributed by atoms with Crippen LogP contribution in [0, 0.1) is 55.4 Å². The van der Waals surface area contributed by atoms with Crippen molar-refractivity contribution in [1.82, 2.24) is 0 Å². The van der Waals surface area contributed by atoms with Gasteiger partial charge in [0.15, 0.2) is 0 Å². The molecule has 0 fully saturated rings. The molecule has 8 aromatic rings. The van der Waals surface area contributed by atoms with Crippen LogP contribution in [0.2, 0.25) is 0 Å². The molecule has 0 aliphatic rings. The average molecular weight is 874 g/mol. The normalized spacial score (nSPS) is 11.5. The van der Waals surface area contributed by atoms with E-state index >= 15 is 0 Å². The third kappa shape index (κ3) is 8.48. The van der Waals surface area contributed by atoms with E-state index in [-0.39, 0.29) is 18.4 Å². The first kappa shape index (κ1) is 42.7. The Morgan fingerprint density at radius 1 is 0.356 bits per heavy atom. The molecule has 2 nitrogen and oxygen atoms in total. The number of halogens is 1. The molecular formula is C54H55BrN2P2. The van der Waals surface area contributed by atoms with Crippen molar-refractivity contribution in [3.63, 3.8) is 0 Å². The van der Waals surface area contributed by atoms with Gasteiger partial charge in [-0.05, 0) is 159 Å². The van der Waals surface area contributed by atoms with E-state index in [9.17, 15) is 0 Å². The molecule has 0 saturated carbocycles. The van der Waals surface area contributed by atoms with Crippen LogP contribution in [0.3, 0.4) is 0 Å². The summed E-state index contributed by atoms with van der Waals surface area (Å²) in [5, 5.41) is 13.0. The van der Waals surface area contributed by atoms with Gasteiger partial charge in [-0.2, -0.15) is 0 Å². The number of rotatable bonds is 9. The van der Waals surface area contributed by atoms with Gasteiger partial charge in [0.2, 0.25) is 0 Å². The van der Waals surface area contributed by atoms with Crippen molar-refractivity contribution >= 4 is 69.2 Å². The van der Waals surface area contributed by atoms with Gasteiger partial charge in [0, 0.05) is 13.1 Å². The Hall–Kier alpha value is -4.46. The molecule has 0 radical (unpaired) electrons. The highest BCUT2D eigenvalue weighted by Crippen LogP contribution is 2.47. The first-order valence-corrected chi connectivity index (χ1v) is 23.0. The van der Waals surface area contributed by atoms with Crippen molar-refractivity contribution in [2.75, 3.05) is 0 Å². The lowest BCUT2D eigenvalue weighted by Crippen LogP contribution is -3.00. The summed E-state index contributed by atoms with van der Waals surface area (Å²) < 4.78 is 0. The molecule has 59 heavy (non-hydrogen) atoms. The molecule has 0 amide bonds. The van der Waals surface area contributed by atoms with E-state index in [0.717, 1.165) is 0 Å². The molecule has 0 unspecified atom stereocenters. The first-order valence-electron chi connectivity index (χ1n) is 20.4. The van der Waals surface area contributed by atoms with Crippen molar-refractivity contribution in [2.24, 2.45) is 11.5 Å². The Bertz CT molecular complexity index is 2500. The van der Waals surface area contributed by atoms with Crippen molar-refractivity contribution < 1.29 is 18.4 Å². The predicted molar refractivity (Wildman–Crippen MR) is 259 cm³/mol. The predicted octanol–water partition coefficient (Wildman–Crippen LogP) is 7.68. The molecule has 0 heterocycles. The van der Waals surface area contributed by atoms with Crippen LogP contribution in [0.1, 0.15) is 57.1 Å². The first-order chi connectivity index (χ1) is 27.9. The third-order valence-corrected chi connectivity index (χ3v) is 16.0. The fourth-order valence-electron chi connectivity index (χ4n) is 9.26. The fraction of sp³-hybridized carbons (Fsp3) is 0.185. The van der Waals surface area contributed by atoms with E-state index < -0.39 is 15.8 Å². The number of hydrogen-bond donors (Lipinski definition) is 2. The highest BCUT2D eigenvalue weighted by atomic mass is 79.9. The minimum absolute atomic E-state index is 0. The molecule has 0 aliphatic heterocycles. The van der Waals surface area contributed by atoms with Gasteiger partial charge >= 0.3 is 1.43 Å². The van der Waals surface area contributed by atoms with E-state index in [1.165, 1.54) is 120 Å². The lowest BCUT2D eigenvalue weighted by atomic mass is 9.90. The van der Waals surface area contributed by atoms with Crippen LogP contribution in [0.15, 0.2) is 133 Å². The maximum Gasteiger partial charge on any atom is 1.00 e. The maximum atomic E-state index is 6.76. The summed E-state index contributed by atoms with van der Waals surface area (Å²) in [6, 6.07) is 51.5. The quantitative estimate of drug-likeness (QED) is 0.147. The van der Waals surface area contributed by atoms with Gasteiger partial charge in [-0.15, -0.1) is 0 Å². The molecule has 0 saturated heterocycles. The van der Waals surface area contributed by atoms with Gasteiger partial charge in [0.25, 0.3) is 0 Å². The Morgan fingerprint density at radius 3 is 0.831 bits per heavy atom. The van der Waals surface area contributed by atoms with Crippen molar-refractivity contribution in [2.45, 2.75) is 68.5 Å². The largest absolute Gasteiger partial charge is 1.00 e. The van der Waals surface area contributed by atoms with E-state index in [2.05, 4.69) is 189 Å². The zero-order chi connectivity index (χ0) is 40.8. The number of benzene rings is 8. The van der Waals surface area contributed by atoms with Gasteiger partial charge in [0.1, 0.15) is 0 Å². The summed E-state index contributed by atoms with van der Waals surface area (Å²) >= 11 is 0. The summed E-state index contributed by atoms with van der Waals surface area (Å²) in [7, 11) is -2.10. The molecule has 298 valence electrons. The molecule has 0 bridgehead atoms. The molecule has 8 rings (SSSR count). The second-order valence-electron chi connectivity index (χ2n) is 16.4. The lowest BCUT2D eigenvalue weighted by Gasteiger charge is -2.30. The van der Waals surface area contributed by atoms with E-state index in [4.69, 9.17) is 11.5 Å². The molecule has 0 atom stereocenters. The van der Waals surface area contributed by atoms with Crippen LogP contribution in [0.5, 0.6) is 0 Å². The summed E-state index contributed by atoms with van der Waals surface area (Å²) in [5.41, 5.74) is 28.7. The number of fused-ring (bicyclic) bond motifs is 2. The highest BCUT2D eigenvalue weighted by Gasteiger charge is 2.30. The van der Waals surface area contributed by atoms with Crippen LogP contribution in [0.25, 0.3) is 32.7 Å². The summed E-state index contributed by atoms with van der Waals surface area (Å²) in [5.74, 6) is 0. The van der Waals surface area contributed by atoms with E-state index in [1.807, 2.05) is 0 Å². The smallest absolute Gasteiger partial charge is 1.00 e. The zero-order valence-corrected chi connectivity index (χ0v) is 38.9. The van der Waals surface area contributed by atoms with Crippen LogP contribution < -0.4 is 60.3 Å². The van der Waals surface area contributed by atoms with Gasteiger partial charge in [-0.1, -0.05) is 166 Å². The van der Waals surface area contributed by atoms with Crippen molar-refractivity contribution in [3.05, 3.63) is 189 Å². The lowest BCUT2D eigenvalue weighted by molar-refractivity contribution is -0.0000118. The van der Waals surface area contributed by atoms with Gasteiger partial charge < -0.3 is 28.4 Å². The Balaban J connectivity index is 0.00000302. The van der Waals surface area contributed by atoms with Crippen LogP contribution in [-0.4, -0.2) is 0 Å². The SMILES string of the molecule is Cc1cc(C)cc(P(c2cc(C)cc(C)c2)c2cc(CN)c3ccccc3c2-c2c(P(c3cc(C)cc(C)c3)c3cc(C)cc(C)c3)cc(CN)c3ccccc23)c1.[Br-].[H+]. The fourth-order valence-corrected chi connectivity index (χ4v) is 15.1. The van der Waals surface area contributed by atoms with Crippen molar-refractivity contribution in [1.29, 1.82) is 0 Å². The second-order valence-corrected chi connectivity index (χ2v) is 20.8. The monoisotopic (exact) mass is 872 g/mol. The maximum absolute atomic E-state index is 6.76.